The fraction of sp³-hybridized carbons (Fsp3) is 0.350. The Morgan fingerprint density at radius 2 is 1.78 bits per heavy atom. The van der Waals surface area contributed by atoms with Crippen LogP contribution in [0.25, 0.3) is 0 Å². The Bertz CT molecular complexity index is 893. The fourth-order valence-corrected chi connectivity index (χ4v) is 3.49. The summed E-state index contributed by atoms with van der Waals surface area (Å²) in [4.78, 5) is 12.5. The molecule has 1 atom stereocenters. The molecule has 0 heterocycles. The molecule has 1 unspecified atom stereocenters. The lowest BCUT2D eigenvalue weighted by atomic mass is 10.1. The molecule has 1 amide bonds. The van der Waals surface area contributed by atoms with Crippen molar-refractivity contribution >= 4 is 21.6 Å². The van der Waals surface area contributed by atoms with E-state index in [0.29, 0.717) is 24.4 Å². The molecule has 0 radical (unpaired) electrons. The van der Waals surface area contributed by atoms with Gasteiger partial charge in [-0.05, 0) is 68.7 Å². The normalized spacial score (nSPS) is 12.4. The van der Waals surface area contributed by atoms with Crippen molar-refractivity contribution in [3.05, 3.63) is 53.6 Å². The van der Waals surface area contributed by atoms with E-state index in [1.165, 1.54) is 12.1 Å². The molecular formula is C20H26N2O4S. The number of aryl methyl sites for hydroxylation is 2. The molecule has 0 aliphatic heterocycles. The summed E-state index contributed by atoms with van der Waals surface area (Å²) in [5.41, 5.74) is 2.51. The van der Waals surface area contributed by atoms with Crippen molar-refractivity contribution in [3.63, 3.8) is 0 Å². The second-order valence-corrected chi connectivity index (χ2v) is 8.21. The Morgan fingerprint density at radius 1 is 1.11 bits per heavy atom. The molecule has 2 rings (SSSR count). The Kier molecular flexibility index (Phi) is 6.98. The van der Waals surface area contributed by atoms with Gasteiger partial charge in [0.25, 0.3) is 5.91 Å². The molecule has 0 bridgehead atoms. The first-order valence-corrected chi connectivity index (χ1v) is 10.4. The molecule has 0 fully saturated rings. The Balaban J connectivity index is 2.02. The molecule has 2 aromatic rings. The van der Waals surface area contributed by atoms with Gasteiger partial charge in [0.05, 0.1) is 4.90 Å². The van der Waals surface area contributed by atoms with E-state index in [9.17, 15) is 13.2 Å². The number of carbonyl (C=O) groups is 1. The fourth-order valence-electron chi connectivity index (χ4n) is 2.36. The van der Waals surface area contributed by atoms with Crippen LogP contribution in [-0.2, 0) is 14.8 Å². The SMILES string of the molecule is CCCNS(=O)(=O)c1ccc(NC(=O)C(C)Oc2cc(C)ccc2C)cc1. The van der Waals surface area contributed by atoms with E-state index >= 15 is 0 Å². The van der Waals surface area contributed by atoms with E-state index < -0.39 is 16.1 Å². The summed E-state index contributed by atoms with van der Waals surface area (Å²) in [6.45, 7) is 7.83. The van der Waals surface area contributed by atoms with E-state index in [0.717, 1.165) is 11.1 Å². The van der Waals surface area contributed by atoms with E-state index in [2.05, 4.69) is 10.0 Å². The van der Waals surface area contributed by atoms with Crippen molar-refractivity contribution in [1.29, 1.82) is 0 Å². The van der Waals surface area contributed by atoms with E-state index in [-0.39, 0.29) is 10.8 Å². The average Bonchev–Trinajstić information content (AvgIpc) is 2.63. The molecule has 0 aliphatic rings. The number of ether oxygens (including phenoxy) is 1. The van der Waals surface area contributed by atoms with Crippen LogP contribution in [0.5, 0.6) is 5.75 Å². The third kappa shape index (κ3) is 5.80. The van der Waals surface area contributed by atoms with Crippen LogP contribution in [0.2, 0.25) is 0 Å². The van der Waals surface area contributed by atoms with Crippen LogP contribution in [0.1, 0.15) is 31.4 Å². The number of benzene rings is 2. The lowest BCUT2D eigenvalue weighted by molar-refractivity contribution is -0.122. The summed E-state index contributed by atoms with van der Waals surface area (Å²) in [5.74, 6) is 0.358. The molecule has 0 aromatic heterocycles. The van der Waals surface area contributed by atoms with E-state index in [4.69, 9.17) is 4.74 Å². The highest BCUT2D eigenvalue weighted by molar-refractivity contribution is 7.89. The van der Waals surface area contributed by atoms with Crippen LogP contribution in [0, 0.1) is 13.8 Å². The summed E-state index contributed by atoms with van der Waals surface area (Å²) in [6, 6.07) is 11.9. The predicted molar refractivity (Wildman–Crippen MR) is 107 cm³/mol. The van der Waals surface area contributed by atoms with E-state index in [1.807, 2.05) is 39.0 Å². The average molecular weight is 391 g/mol. The van der Waals surface area contributed by atoms with Gasteiger partial charge in [-0.25, -0.2) is 13.1 Å². The first-order chi connectivity index (χ1) is 12.7. The van der Waals surface area contributed by atoms with Crippen LogP contribution in [0.4, 0.5) is 5.69 Å². The van der Waals surface area contributed by atoms with Gasteiger partial charge in [0.1, 0.15) is 5.75 Å². The highest BCUT2D eigenvalue weighted by atomic mass is 32.2. The molecule has 7 heteroatoms. The molecule has 6 nitrogen and oxygen atoms in total. The smallest absolute Gasteiger partial charge is 0.265 e. The van der Waals surface area contributed by atoms with Crippen LogP contribution < -0.4 is 14.8 Å². The van der Waals surface area contributed by atoms with Gasteiger partial charge >= 0.3 is 0 Å². The molecule has 146 valence electrons. The number of carbonyl (C=O) groups excluding carboxylic acids is 1. The zero-order chi connectivity index (χ0) is 20.0. The minimum atomic E-state index is -3.52. The first kappa shape index (κ1) is 20.9. The van der Waals surface area contributed by atoms with Crippen molar-refractivity contribution in [2.45, 2.75) is 45.1 Å². The number of amides is 1. The Hall–Kier alpha value is -2.38. The number of rotatable bonds is 8. The van der Waals surface area contributed by atoms with Gasteiger partial charge in [-0.1, -0.05) is 19.1 Å². The molecule has 0 spiro atoms. The molecule has 0 saturated heterocycles. The Morgan fingerprint density at radius 3 is 2.41 bits per heavy atom. The van der Waals surface area contributed by atoms with Crippen molar-refractivity contribution in [2.24, 2.45) is 0 Å². The van der Waals surface area contributed by atoms with Crippen molar-refractivity contribution in [2.75, 3.05) is 11.9 Å². The molecule has 2 N–H and O–H groups in total. The van der Waals surface area contributed by atoms with Crippen LogP contribution in [-0.4, -0.2) is 27.0 Å². The van der Waals surface area contributed by atoms with Crippen LogP contribution >= 0.6 is 0 Å². The summed E-state index contributed by atoms with van der Waals surface area (Å²) < 4.78 is 32.4. The summed E-state index contributed by atoms with van der Waals surface area (Å²) >= 11 is 0. The standard InChI is InChI=1S/C20H26N2O4S/c1-5-12-21-27(24,25)18-10-8-17(9-11-18)22-20(23)16(4)26-19-13-14(2)6-7-15(19)3/h6-11,13,16,21H,5,12H2,1-4H3,(H,22,23). The minimum Gasteiger partial charge on any atom is -0.481 e. The van der Waals surface area contributed by atoms with Gasteiger partial charge in [0.2, 0.25) is 10.0 Å². The first-order valence-electron chi connectivity index (χ1n) is 8.87. The maximum absolute atomic E-state index is 12.4. The summed E-state index contributed by atoms with van der Waals surface area (Å²) in [7, 11) is -3.52. The number of sulfonamides is 1. The zero-order valence-electron chi connectivity index (χ0n) is 16.1. The lowest BCUT2D eigenvalue weighted by Crippen LogP contribution is -2.30. The third-order valence-electron chi connectivity index (χ3n) is 3.99. The minimum absolute atomic E-state index is 0.161. The highest BCUT2D eigenvalue weighted by Gasteiger charge is 2.17. The zero-order valence-corrected chi connectivity index (χ0v) is 16.9. The Labute approximate surface area is 161 Å². The number of nitrogens with one attached hydrogen (secondary N) is 2. The molecule has 2 aromatic carbocycles. The number of hydrogen-bond donors (Lipinski definition) is 2. The second kappa shape index (κ2) is 9.01. The monoisotopic (exact) mass is 390 g/mol. The number of anilines is 1. The van der Waals surface area contributed by atoms with Gasteiger partial charge in [-0.2, -0.15) is 0 Å². The van der Waals surface area contributed by atoms with Gasteiger partial charge in [-0.15, -0.1) is 0 Å². The molecule has 0 saturated carbocycles. The predicted octanol–water partition coefficient (Wildman–Crippen LogP) is 3.40. The third-order valence-corrected chi connectivity index (χ3v) is 5.47. The van der Waals surface area contributed by atoms with Crippen molar-refractivity contribution in [1.82, 2.24) is 4.72 Å². The second-order valence-electron chi connectivity index (χ2n) is 6.44. The largest absolute Gasteiger partial charge is 0.481 e. The van der Waals surface area contributed by atoms with Crippen LogP contribution in [0.3, 0.4) is 0 Å². The maximum Gasteiger partial charge on any atom is 0.265 e. The van der Waals surface area contributed by atoms with E-state index in [1.54, 1.807) is 19.1 Å². The molecule has 0 aliphatic carbocycles. The topological polar surface area (TPSA) is 84.5 Å². The van der Waals surface area contributed by atoms with Gasteiger partial charge < -0.3 is 10.1 Å². The van der Waals surface area contributed by atoms with Crippen LogP contribution in [0.15, 0.2) is 47.4 Å². The molecular weight excluding hydrogens is 364 g/mol. The number of hydrogen-bond acceptors (Lipinski definition) is 4. The summed E-state index contributed by atoms with van der Waals surface area (Å²) in [6.07, 6.45) is 0.0196. The highest BCUT2D eigenvalue weighted by Crippen LogP contribution is 2.21. The summed E-state index contributed by atoms with van der Waals surface area (Å²) in [5, 5.41) is 2.74. The van der Waals surface area contributed by atoms with Gasteiger partial charge in [0.15, 0.2) is 6.10 Å². The lowest BCUT2D eigenvalue weighted by Gasteiger charge is -2.17. The van der Waals surface area contributed by atoms with Gasteiger partial charge in [-0.3, -0.25) is 4.79 Å². The molecule has 27 heavy (non-hydrogen) atoms. The maximum atomic E-state index is 12.4. The van der Waals surface area contributed by atoms with Crippen molar-refractivity contribution < 1.29 is 17.9 Å². The quantitative estimate of drug-likeness (QED) is 0.723. The van der Waals surface area contributed by atoms with Crippen molar-refractivity contribution in [3.8, 4) is 5.75 Å². The van der Waals surface area contributed by atoms with Gasteiger partial charge in [0, 0.05) is 12.2 Å².